The molecular weight excluding hydrogens is 264 g/mol. The Morgan fingerprint density at radius 1 is 1.24 bits per heavy atom. The maximum Gasteiger partial charge on any atom is 0.128 e. The standard InChI is InChI=1S/C16H22N4O/c1-2-19-6-5-14(13-19)11-17-15-3-4-16(18-12-15)20-7-9-21-10-8-20/h3-6,12-13,17H,2,7-11H2,1H3. The molecule has 112 valence electrons. The molecule has 1 saturated heterocycles. The van der Waals surface area contributed by atoms with Crippen molar-refractivity contribution < 1.29 is 4.74 Å². The summed E-state index contributed by atoms with van der Waals surface area (Å²) < 4.78 is 7.54. The third kappa shape index (κ3) is 3.55. The molecule has 0 unspecified atom stereocenters. The van der Waals surface area contributed by atoms with E-state index in [0.717, 1.165) is 50.9 Å². The van der Waals surface area contributed by atoms with Gasteiger partial charge in [0.05, 0.1) is 25.1 Å². The number of aromatic nitrogens is 2. The van der Waals surface area contributed by atoms with E-state index in [2.05, 4.69) is 57.3 Å². The van der Waals surface area contributed by atoms with Crippen LogP contribution in [0.2, 0.25) is 0 Å². The zero-order valence-electron chi connectivity index (χ0n) is 12.5. The molecule has 0 aliphatic carbocycles. The highest BCUT2D eigenvalue weighted by Crippen LogP contribution is 2.16. The summed E-state index contributed by atoms with van der Waals surface area (Å²) in [5.41, 5.74) is 2.34. The molecule has 0 saturated carbocycles. The van der Waals surface area contributed by atoms with Crippen LogP contribution in [0.5, 0.6) is 0 Å². The van der Waals surface area contributed by atoms with Gasteiger partial charge in [0.25, 0.3) is 0 Å². The van der Waals surface area contributed by atoms with Crippen LogP contribution in [0.3, 0.4) is 0 Å². The molecule has 1 aliphatic rings. The van der Waals surface area contributed by atoms with E-state index < -0.39 is 0 Å². The van der Waals surface area contributed by atoms with Crippen LogP contribution in [-0.2, 0) is 17.8 Å². The van der Waals surface area contributed by atoms with Gasteiger partial charge in [0.2, 0.25) is 0 Å². The normalized spacial score (nSPS) is 15.2. The van der Waals surface area contributed by atoms with E-state index in [1.165, 1.54) is 5.56 Å². The fourth-order valence-corrected chi connectivity index (χ4v) is 2.47. The minimum Gasteiger partial charge on any atom is -0.380 e. The van der Waals surface area contributed by atoms with Crippen molar-refractivity contribution in [2.45, 2.75) is 20.0 Å². The van der Waals surface area contributed by atoms with Crippen molar-refractivity contribution in [2.24, 2.45) is 0 Å². The fraction of sp³-hybridized carbons (Fsp3) is 0.438. The first kappa shape index (κ1) is 13.9. The van der Waals surface area contributed by atoms with Gasteiger partial charge in [-0.05, 0) is 30.7 Å². The van der Waals surface area contributed by atoms with Gasteiger partial charge in [0, 0.05) is 38.6 Å². The number of pyridine rings is 1. The molecule has 1 N–H and O–H groups in total. The highest BCUT2D eigenvalue weighted by Gasteiger charge is 2.11. The van der Waals surface area contributed by atoms with Crippen molar-refractivity contribution in [1.29, 1.82) is 0 Å². The van der Waals surface area contributed by atoms with E-state index in [1.54, 1.807) is 0 Å². The van der Waals surface area contributed by atoms with Crippen LogP contribution in [0.15, 0.2) is 36.8 Å². The Morgan fingerprint density at radius 3 is 2.76 bits per heavy atom. The molecule has 2 aromatic heterocycles. The molecule has 5 heteroatoms. The minimum atomic E-state index is 0.788. The third-order valence-electron chi connectivity index (χ3n) is 3.76. The van der Waals surface area contributed by atoms with E-state index in [9.17, 15) is 0 Å². The second-order valence-corrected chi connectivity index (χ2v) is 5.21. The van der Waals surface area contributed by atoms with E-state index in [1.807, 2.05) is 6.20 Å². The molecule has 0 amide bonds. The number of ether oxygens (including phenoxy) is 1. The zero-order valence-corrected chi connectivity index (χ0v) is 12.5. The number of rotatable bonds is 5. The van der Waals surface area contributed by atoms with Crippen molar-refractivity contribution in [3.63, 3.8) is 0 Å². The van der Waals surface area contributed by atoms with Crippen LogP contribution in [0, 0.1) is 0 Å². The van der Waals surface area contributed by atoms with E-state index in [4.69, 9.17) is 4.74 Å². The Bertz CT molecular complexity index is 558. The number of nitrogens with zero attached hydrogens (tertiary/aromatic N) is 3. The second-order valence-electron chi connectivity index (χ2n) is 5.21. The Morgan fingerprint density at radius 2 is 2.10 bits per heavy atom. The van der Waals surface area contributed by atoms with Gasteiger partial charge < -0.3 is 19.5 Å². The van der Waals surface area contributed by atoms with Crippen LogP contribution < -0.4 is 10.2 Å². The van der Waals surface area contributed by atoms with Gasteiger partial charge in [-0.1, -0.05) is 0 Å². The van der Waals surface area contributed by atoms with Gasteiger partial charge >= 0.3 is 0 Å². The molecule has 3 rings (SSSR count). The first-order chi connectivity index (χ1) is 10.3. The predicted molar refractivity (Wildman–Crippen MR) is 84.7 cm³/mol. The van der Waals surface area contributed by atoms with Gasteiger partial charge in [-0.2, -0.15) is 0 Å². The quantitative estimate of drug-likeness (QED) is 0.916. The lowest BCUT2D eigenvalue weighted by Crippen LogP contribution is -2.36. The summed E-state index contributed by atoms with van der Waals surface area (Å²) in [5, 5.41) is 3.41. The fourth-order valence-electron chi connectivity index (χ4n) is 2.47. The third-order valence-corrected chi connectivity index (χ3v) is 3.76. The van der Waals surface area contributed by atoms with Crippen molar-refractivity contribution in [3.05, 3.63) is 42.4 Å². The molecule has 1 fully saturated rings. The van der Waals surface area contributed by atoms with Gasteiger partial charge in [-0.25, -0.2) is 4.98 Å². The average molecular weight is 286 g/mol. The molecule has 2 aromatic rings. The van der Waals surface area contributed by atoms with Crippen LogP contribution in [0.25, 0.3) is 0 Å². The predicted octanol–water partition coefficient (Wildman–Crippen LogP) is 2.35. The first-order valence-electron chi connectivity index (χ1n) is 7.52. The highest BCUT2D eigenvalue weighted by molar-refractivity contribution is 5.49. The highest BCUT2D eigenvalue weighted by atomic mass is 16.5. The molecule has 1 aliphatic heterocycles. The van der Waals surface area contributed by atoms with Crippen LogP contribution in [-0.4, -0.2) is 35.9 Å². The summed E-state index contributed by atoms with van der Waals surface area (Å²) in [6.07, 6.45) is 6.18. The molecule has 0 bridgehead atoms. The average Bonchev–Trinajstić information content (AvgIpc) is 3.02. The van der Waals surface area contributed by atoms with Crippen molar-refractivity contribution >= 4 is 11.5 Å². The summed E-state index contributed by atoms with van der Waals surface area (Å²) >= 11 is 0. The topological polar surface area (TPSA) is 42.3 Å². The summed E-state index contributed by atoms with van der Waals surface area (Å²) in [7, 11) is 0. The van der Waals surface area contributed by atoms with E-state index >= 15 is 0 Å². The number of morpholine rings is 1. The monoisotopic (exact) mass is 286 g/mol. The molecule has 0 atom stereocenters. The van der Waals surface area contributed by atoms with Crippen LogP contribution in [0.1, 0.15) is 12.5 Å². The number of hydrogen-bond donors (Lipinski definition) is 1. The van der Waals surface area contributed by atoms with Gasteiger partial charge in [0.1, 0.15) is 5.82 Å². The Hall–Kier alpha value is -2.01. The number of nitrogens with one attached hydrogen (secondary N) is 1. The summed E-state index contributed by atoms with van der Waals surface area (Å²) in [4.78, 5) is 6.80. The Labute approximate surface area is 125 Å². The number of anilines is 2. The second kappa shape index (κ2) is 6.63. The smallest absolute Gasteiger partial charge is 0.128 e. The first-order valence-corrected chi connectivity index (χ1v) is 7.52. The molecule has 0 spiro atoms. The molecule has 0 aromatic carbocycles. The molecule has 0 radical (unpaired) electrons. The minimum absolute atomic E-state index is 0.788. The summed E-state index contributed by atoms with van der Waals surface area (Å²) in [5.74, 6) is 1.03. The number of aryl methyl sites for hydroxylation is 1. The Balaban J connectivity index is 1.56. The van der Waals surface area contributed by atoms with E-state index in [0.29, 0.717) is 0 Å². The van der Waals surface area contributed by atoms with Crippen LogP contribution >= 0.6 is 0 Å². The van der Waals surface area contributed by atoms with Gasteiger partial charge in [0.15, 0.2) is 0 Å². The molecule has 21 heavy (non-hydrogen) atoms. The Kier molecular flexibility index (Phi) is 4.40. The van der Waals surface area contributed by atoms with Crippen molar-refractivity contribution in [1.82, 2.24) is 9.55 Å². The van der Waals surface area contributed by atoms with Crippen molar-refractivity contribution in [2.75, 3.05) is 36.5 Å². The van der Waals surface area contributed by atoms with Crippen LogP contribution in [0.4, 0.5) is 11.5 Å². The molecule has 3 heterocycles. The summed E-state index contributed by atoms with van der Waals surface area (Å²) in [6, 6.07) is 6.31. The summed E-state index contributed by atoms with van der Waals surface area (Å²) in [6.45, 7) is 7.40. The van der Waals surface area contributed by atoms with Gasteiger partial charge in [-0.15, -0.1) is 0 Å². The maximum atomic E-state index is 5.36. The largest absolute Gasteiger partial charge is 0.380 e. The van der Waals surface area contributed by atoms with Crippen molar-refractivity contribution in [3.8, 4) is 0 Å². The lowest BCUT2D eigenvalue weighted by molar-refractivity contribution is 0.122. The lowest BCUT2D eigenvalue weighted by Gasteiger charge is -2.27. The molecule has 5 nitrogen and oxygen atoms in total. The number of hydrogen-bond acceptors (Lipinski definition) is 4. The molecular formula is C16H22N4O. The van der Waals surface area contributed by atoms with Gasteiger partial charge in [-0.3, -0.25) is 0 Å². The SMILES string of the molecule is CCn1ccc(CNc2ccc(N3CCOCC3)nc2)c1. The zero-order chi connectivity index (χ0) is 14.5. The lowest BCUT2D eigenvalue weighted by atomic mass is 10.3. The maximum absolute atomic E-state index is 5.36. The van der Waals surface area contributed by atoms with E-state index in [-0.39, 0.29) is 0 Å².